The Morgan fingerprint density at radius 3 is 2.52 bits per heavy atom. The van der Waals surface area contributed by atoms with Crippen molar-refractivity contribution in [3.63, 3.8) is 0 Å². The van der Waals surface area contributed by atoms with Crippen molar-refractivity contribution in [3.8, 4) is 11.5 Å². The standard InChI is InChI=1S/C21H26N2O4/c1-25-18-4-2-3-5-19(18)26-14-17-6-7-20(27-17)21(24)23-10-8-15-12-22-13-16(15)9-11-23/h2-7,15-16,22H,8-14H2,1H3/t15-,16+. The van der Waals surface area contributed by atoms with Crippen LogP contribution in [0, 0.1) is 11.8 Å². The summed E-state index contributed by atoms with van der Waals surface area (Å²) in [5.74, 6) is 3.71. The van der Waals surface area contributed by atoms with Gasteiger partial charge in [0.15, 0.2) is 17.3 Å². The Balaban J connectivity index is 1.36. The Bertz CT molecular complexity index is 774. The summed E-state index contributed by atoms with van der Waals surface area (Å²) in [5, 5.41) is 3.46. The van der Waals surface area contributed by atoms with Gasteiger partial charge in [-0.2, -0.15) is 0 Å². The molecule has 1 aromatic carbocycles. The molecule has 1 aromatic heterocycles. The van der Waals surface area contributed by atoms with Gasteiger partial charge in [-0.3, -0.25) is 4.79 Å². The largest absolute Gasteiger partial charge is 0.493 e. The van der Waals surface area contributed by atoms with Crippen LogP contribution in [-0.2, 0) is 6.61 Å². The van der Waals surface area contributed by atoms with Crippen LogP contribution in [0.25, 0.3) is 0 Å². The highest BCUT2D eigenvalue weighted by Gasteiger charge is 2.32. The lowest BCUT2D eigenvalue weighted by Gasteiger charge is -2.19. The summed E-state index contributed by atoms with van der Waals surface area (Å²) >= 11 is 0. The number of likely N-dealkylation sites (tertiary alicyclic amines) is 1. The molecule has 1 amide bonds. The average Bonchev–Trinajstić information content (AvgIpc) is 3.31. The lowest BCUT2D eigenvalue weighted by atomic mass is 9.92. The van der Waals surface area contributed by atoms with Gasteiger partial charge in [0.2, 0.25) is 0 Å². The number of rotatable bonds is 5. The van der Waals surface area contributed by atoms with Crippen LogP contribution in [0.3, 0.4) is 0 Å². The fourth-order valence-electron chi connectivity index (χ4n) is 4.03. The second-order valence-corrected chi connectivity index (χ2v) is 7.25. The third-order valence-electron chi connectivity index (χ3n) is 5.62. The number of fused-ring (bicyclic) bond motifs is 1. The van der Waals surface area contributed by atoms with E-state index in [0.29, 0.717) is 34.9 Å². The van der Waals surface area contributed by atoms with E-state index in [2.05, 4.69) is 5.32 Å². The smallest absolute Gasteiger partial charge is 0.289 e. The van der Waals surface area contributed by atoms with Gasteiger partial charge in [-0.1, -0.05) is 12.1 Å². The normalized spacial score (nSPS) is 22.2. The molecule has 0 radical (unpaired) electrons. The minimum Gasteiger partial charge on any atom is -0.493 e. The van der Waals surface area contributed by atoms with Crippen molar-refractivity contribution in [2.75, 3.05) is 33.3 Å². The van der Waals surface area contributed by atoms with E-state index in [9.17, 15) is 4.79 Å². The highest BCUT2D eigenvalue weighted by Crippen LogP contribution is 2.29. The molecule has 0 unspecified atom stereocenters. The Hall–Kier alpha value is -2.47. The number of ether oxygens (including phenoxy) is 2. The highest BCUT2D eigenvalue weighted by molar-refractivity contribution is 5.91. The van der Waals surface area contributed by atoms with Crippen LogP contribution >= 0.6 is 0 Å². The number of carbonyl (C=O) groups is 1. The van der Waals surface area contributed by atoms with Crippen molar-refractivity contribution in [2.24, 2.45) is 11.8 Å². The second kappa shape index (κ2) is 8.05. The van der Waals surface area contributed by atoms with E-state index in [-0.39, 0.29) is 12.5 Å². The maximum absolute atomic E-state index is 12.8. The summed E-state index contributed by atoms with van der Waals surface area (Å²) in [6.07, 6.45) is 2.13. The number of nitrogens with zero attached hydrogens (tertiary/aromatic N) is 1. The Morgan fingerprint density at radius 1 is 1.11 bits per heavy atom. The van der Waals surface area contributed by atoms with Gasteiger partial charge in [-0.25, -0.2) is 0 Å². The molecule has 2 saturated heterocycles. The lowest BCUT2D eigenvalue weighted by Crippen LogP contribution is -2.32. The highest BCUT2D eigenvalue weighted by atomic mass is 16.5. The van der Waals surface area contributed by atoms with Crippen LogP contribution in [0.4, 0.5) is 0 Å². The number of furan rings is 1. The van der Waals surface area contributed by atoms with Gasteiger partial charge >= 0.3 is 0 Å². The molecule has 4 rings (SSSR count). The number of hydrogen-bond acceptors (Lipinski definition) is 5. The van der Waals surface area contributed by atoms with E-state index in [0.717, 1.165) is 39.0 Å². The first-order valence-electron chi connectivity index (χ1n) is 9.59. The quantitative estimate of drug-likeness (QED) is 0.877. The van der Waals surface area contributed by atoms with Gasteiger partial charge in [0, 0.05) is 13.1 Å². The van der Waals surface area contributed by atoms with Gasteiger partial charge < -0.3 is 24.1 Å². The third-order valence-corrected chi connectivity index (χ3v) is 5.62. The predicted molar refractivity (Wildman–Crippen MR) is 101 cm³/mol. The Kier molecular flexibility index (Phi) is 5.34. The van der Waals surface area contributed by atoms with Crippen molar-refractivity contribution in [3.05, 3.63) is 47.9 Å². The topological polar surface area (TPSA) is 63.9 Å². The van der Waals surface area contributed by atoms with Crippen LogP contribution < -0.4 is 14.8 Å². The molecule has 2 aromatic rings. The molecule has 3 heterocycles. The molecular weight excluding hydrogens is 344 g/mol. The van der Waals surface area contributed by atoms with Crippen molar-refractivity contribution in [1.29, 1.82) is 0 Å². The van der Waals surface area contributed by atoms with Gasteiger partial charge in [0.25, 0.3) is 5.91 Å². The van der Waals surface area contributed by atoms with Gasteiger partial charge in [-0.05, 0) is 62.0 Å². The third kappa shape index (κ3) is 3.95. The van der Waals surface area contributed by atoms with E-state index >= 15 is 0 Å². The van der Waals surface area contributed by atoms with Crippen molar-refractivity contribution < 1.29 is 18.7 Å². The SMILES string of the molecule is COc1ccccc1OCc1ccc(C(=O)N2CC[C@@H]3CNC[C@@H]3CC2)o1. The average molecular weight is 370 g/mol. The van der Waals surface area contributed by atoms with E-state index in [1.165, 1.54) is 0 Å². The fourth-order valence-corrected chi connectivity index (χ4v) is 4.03. The maximum Gasteiger partial charge on any atom is 0.289 e. The molecule has 0 saturated carbocycles. The Morgan fingerprint density at radius 2 is 1.81 bits per heavy atom. The van der Waals surface area contributed by atoms with E-state index in [1.807, 2.05) is 29.2 Å². The molecular formula is C21H26N2O4. The Labute approximate surface area is 159 Å². The number of carbonyl (C=O) groups excluding carboxylic acids is 1. The molecule has 0 spiro atoms. The molecule has 0 bridgehead atoms. The monoisotopic (exact) mass is 370 g/mol. The zero-order chi connectivity index (χ0) is 18.6. The number of nitrogens with one attached hydrogen (secondary N) is 1. The molecule has 6 heteroatoms. The second-order valence-electron chi connectivity index (χ2n) is 7.25. The summed E-state index contributed by atoms with van der Waals surface area (Å²) in [6.45, 7) is 4.02. The van der Waals surface area contributed by atoms with Gasteiger partial charge in [0.1, 0.15) is 12.4 Å². The molecule has 2 atom stereocenters. The van der Waals surface area contributed by atoms with Crippen molar-refractivity contribution in [1.82, 2.24) is 10.2 Å². The number of para-hydroxylation sites is 2. The summed E-state index contributed by atoms with van der Waals surface area (Å²) in [4.78, 5) is 14.7. The zero-order valence-corrected chi connectivity index (χ0v) is 15.6. The first kappa shape index (κ1) is 17.9. The molecule has 2 aliphatic rings. The minimum absolute atomic E-state index is 0.0218. The molecule has 144 valence electrons. The van der Waals surface area contributed by atoms with Crippen LogP contribution in [0.15, 0.2) is 40.8 Å². The van der Waals surface area contributed by atoms with E-state index in [4.69, 9.17) is 13.9 Å². The number of hydrogen-bond donors (Lipinski definition) is 1. The van der Waals surface area contributed by atoms with Crippen LogP contribution in [0.5, 0.6) is 11.5 Å². The van der Waals surface area contributed by atoms with Crippen LogP contribution in [0.1, 0.15) is 29.2 Å². The molecule has 1 N–H and O–H groups in total. The molecule has 6 nitrogen and oxygen atoms in total. The molecule has 2 aliphatic heterocycles. The first-order chi connectivity index (χ1) is 13.2. The predicted octanol–water partition coefficient (Wildman–Crippen LogP) is 2.94. The first-order valence-corrected chi connectivity index (χ1v) is 9.59. The van der Waals surface area contributed by atoms with E-state index < -0.39 is 0 Å². The minimum atomic E-state index is -0.0218. The maximum atomic E-state index is 12.8. The summed E-state index contributed by atoms with van der Waals surface area (Å²) in [7, 11) is 1.61. The fraction of sp³-hybridized carbons (Fsp3) is 0.476. The summed E-state index contributed by atoms with van der Waals surface area (Å²) in [6, 6.07) is 11.0. The summed E-state index contributed by atoms with van der Waals surface area (Å²) < 4.78 is 16.8. The number of amides is 1. The van der Waals surface area contributed by atoms with Crippen molar-refractivity contribution in [2.45, 2.75) is 19.4 Å². The zero-order valence-electron chi connectivity index (χ0n) is 15.6. The van der Waals surface area contributed by atoms with Gasteiger partial charge in [0.05, 0.1) is 7.11 Å². The molecule has 27 heavy (non-hydrogen) atoms. The number of benzene rings is 1. The van der Waals surface area contributed by atoms with Crippen LogP contribution in [-0.4, -0.2) is 44.1 Å². The van der Waals surface area contributed by atoms with Gasteiger partial charge in [-0.15, -0.1) is 0 Å². The van der Waals surface area contributed by atoms with E-state index in [1.54, 1.807) is 19.2 Å². The molecule has 0 aliphatic carbocycles. The number of methoxy groups -OCH3 is 1. The lowest BCUT2D eigenvalue weighted by molar-refractivity contribution is 0.0722. The molecule has 2 fully saturated rings. The summed E-state index contributed by atoms with van der Waals surface area (Å²) in [5.41, 5.74) is 0. The van der Waals surface area contributed by atoms with Crippen LogP contribution in [0.2, 0.25) is 0 Å². The van der Waals surface area contributed by atoms with Crippen molar-refractivity contribution >= 4 is 5.91 Å².